The molecule has 0 saturated heterocycles. The monoisotopic (exact) mass is 310 g/mol. The van der Waals surface area contributed by atoms with E-state index < -0.39 is 11.2 Å². The third-order valence-electron chi connectivity index (χ3n) is 2.36. The lowest BCUT2D eigenvalue weighted by atomic mass is 10.3. The van der Waals surface area contributed by atoms with Gasteiger partial charge >= 0.3 is 5.69 Å². The summed E-state index contributed by atoms with van der Waals surface area (Å²) < 4.78 is 1.69. The number of nitrogens with zero attached hydrogens (tertiary/aromatic N) is 2. The van der Waals surface area contributed by atoms with Crippen molar-refractivity contribution in [2.45, 2.75) is 6.54 Å². The Morgan fingerprint density at radius 2 is 2.22 bits per heavy atom. The Balaban J connectivity index is 2.36. The lowest BCUT2D eigenvalue weighted by Crippen LogP contribution is -2.30. The summed E-state index contributed by atoms with van der Waals surface area (Å²) in [5, 5.41) is 2.92. The molecule has 0 atom stereocenters. The molecule has 18 heavy (non-hydrogen) atoms. The molecule has 0 spiro atoms. The van der Waals surface area contributed by atoms with Gasteiger partial charge < -0.3 is 5.32 Å². The molecule has 2 heterocycles. The molecule has 0 aliphatic carbocycles. The van der Waals surface area contributed by atoms with Crippen molar-refractivity contribution >= 4 is 21.7 Å². The second-order valence-corrected chi connectivity index (χ2v) is 4.48. The maximum atomic E-state index is 11.6. The van der Waals surface area contributed by atoms with Gasteiger partial charge in [-0.1, -0.05) is 6.07 Å². The van der Waals surface area contributed by atoms with E-state index in [1.54, 1.807) is 7.05 Å². The Morgan fingerprint density at radius 1 is 1.44 bits per heavy atom. The first-order valence-electron chi connectivity index (χ1n) is 5.23. The number of aromatic nitrogens is 3. The molecule has 0 amide bonds. The van der Waals surface area contributed by atoms with Crippen LogP contribution in [-0.2, 0) is 6.54 Å². The highest BCUT2D eigenvalue weighted by Crippen LogP contribution is 2.05. The lowest BCUT2D eigenvalue weighted by Gasteiger charge is -2.06. The maximum Gasteiger partial charge on any atom is 0.328 e. The molecule has 0 unspecified atom stereocenters. The van der Waals surface area contributed by atoms with E-state index in [9.17, 15) is 9.59 Å². The van der Waals surface area contributed by atoms with E-state index in [1.807, 2.05) is 18.2 Å². The van der Waals surface area contributed by atoms with Gasteiger partial charge in [-0.2, -0.15) is 0 Å². The van der Waals surface area contributed by atoms with E-state index in [1.165, 1.54) is 10.8 Å². The number of aromatic amines is 1. The van der Waals surface area contributed by atoms with Crippen LogP contribution in [0.5, 0.6) is 0 Å². The van der Waals surface area contributed by atoms with E-state index in [2.05, 4.69) is 31.2 Å². The summed E-state index contributed by atoms with van der Waals surface area (Å²) in [4.78, 5) is 29.3. The molecule has 0 aromatic carbocycles. The summed E-state index contributed by atoms with van der Waals surface area (Å²) in [7, 11) is 1.77. The van der Waals surface area contributed by atoms with Gasteiger partial charge in [-0.05, 0) is 28.1 Å². The van der Waals surface area contributed by atoms with Crippen LogP contribution in [0.2, 0.25) is 0 Å². The largest absolute Gasteiger partial charge is 0.373 e. The highest BCUT2D eigenvalue weighted by atomic mass is 79.9. The predicted molar refractivity (Wildman–Crippen MR) is 71.9 cm³/mol. The predicted octanol–water partition coefficient (Wildman–Crippen LogP) is 0.784. The van der Waals surface area contributed by atoms with Crippen LogP contribution >= 0.6 is 15.9 Å². The number of halogens is 1. The normalized spacial score (nSPS) is 10.3. The fourth-order valence-electron chi connectivity index (χ4n) is 1.48. The minimum absolute atomic E-state index is 0.295. The molecule has 0 radical (unpaired) electrons. The fraction of sp³-hybridized carbons (Fsp3) is 0.182. The molecule has 2 N–H and O–H groups in total. The van der Waals surface area contributed by atoms with Crippen LogP contribution in [-0.4, -0.2) is 21.6 Å². The van der Waals surface area contributed by atoms with Crippen molar-refractivity contribution in [2.75, 3.05) is 12.4 Å². The average molecular weight is 311 g/mol. The van der Waals surface area contributed by atoms with Crippen molar-refractivity contribution in [3.8, 4) is 0 Å². The van der Waals surface area contributed by atoms with Crippen LogP contribution in [0, 0.1) is 0 Å². The van der Waals surface area contributed by atoms with Crippen molar-refractivity contribution in [3.63, 3.8) is 0 Å². The lowest BCUT2D eigenvalue weighted by molar-refractivity contribution is 0.701. The highest BCUT2D eigenvalue weighted by molar-refractivity contribution is 9.10. The summed E-state index contributed by atoms with van der Waals surface area (Å²) >= 11 is 3.09. The fourth-order valence-corrected chi connectivity index (χ4v) is 1.83. The Hall–Kier alpha value is -1.89. The van der Waals surface area contributed by atoms with Gasteiger partial charge in [0.05, 0.1) is 16.7 Å². The van der Waals surface area contributed by atoms with Gasteiger partial charge in [0.1, 0.15) is 5.82 Å². The molecule has 0 saturated carbocycles. The number of hydrogen-bond donors (Lipinski definition) is 2. The number of rotatable bonds is 3. The first kappa shape index (κ1) is 12.6. The summed E-state index contributed by atoms with van der Waals surface area (Å²) in [6.45, 7) is 0.295. The number of pyridine rings is 1. The molecular formula is C11H11BrN4O2. The highest BCUT2D eigenvalue weighted by Gasteiger charge is 2.04. The Labute approximate surface area is 111 Å². The Kier molecular flexibility index (Phi) is 3.61. The number of nitrogens with one attached hydrogen (secondary N) is 2. The van der Waals surface area contributed by atoms with Crippen molar-refractivity contribution in [1.82, 2.24) is 14.5 Å². The maximum absolute atomic E-state index is 11.6. The van der Waals surface area contributed by atoms with Crippen molar-refractivity contribution in [2.24, 2.45) is 0 Å². The van der Waals surface area contributed by atoms with Gasteiger partial charge in [-0.3, -0.25) is 14.3 Å². The quantitative estimate of drug-likeness (QED) is 0.878. The summed E-state index contributed by atoms with van der Waals surface area (Å²) in [5.41, 5.74) is -0.170. The zero-order chi connectivity index (χ0) is 13.1. The average Bonchev–Trinajstić information content (AvgIpc) is 2.36. The molecule has 6 nitrogen and oxygen atoms in total. The molecule has 7 heteroatoms. The van der Waals surface area contributed by atoms with Crippen molar-refractivity contribution in [1.29, 1.82) is 0 Å². The third kappa shape index (κ3) is 2.67. The van der Waals surface area contributed by atoms with Gasteiger partial charge in [-0.25, -0.2) is 9.78 Å². The van der Waals surface area contributed by atoms with E-state index in [0.29, 0.717) is 11.0 Å². The molecule has 2 aromatic rings. The van der Waals surface area contributed by atoms with Crippen LogP contribution in [0.3, 0.4) is 0 Å². The molecule has 0 fully saturated rings. The summed E-state index contributed by atoms with van der Waals surface area (Å²) in [6.07, 6.45) is 1.45. The topological polar surface area (TPSA) is 79.8 Å². The molecular weight excluding hydrogens is 300 g/mol. The minimum atomic E-state index is -0.458. The van der Waals surface area contributed by atoms with E-state index in [4.69, 9.17) is 0 Å². The van der Waals surface area contributed by atoms with E-state index >= 15 is 0 Å². The molecule has 2 aromatic heterocycles. The SMILES string of the molecule is CNc1cccc(Cn2cc(Br)c(=O)[nH]c2=O)n1. The van der Waals surface area contributed by atoms with E-state index in [-0.39, 0.29) is 0 Å². The Bertz CT molecular complexity index is 677. The summed E-state index contributed by atoms with van der Waals surface area (Å²) in [5.74, 6) is 0.726. The van der Waals surface area contributed by atoms with Crippen LogP contribution in [0.25, 0.3) is 0 Å². The molecule has 0 aliphatic heterocycles. The second-order valence-electron chi connectivity index (χ2n) is 3.63. The molecule has 94 valence electrons. The number of anilines is 1. The van der Waals surface area contributed by atoms with Crippen LogP contribution in [0.4, 0.5) is 5.82 Å². The zero-order valence-electron chi connectivity index (χ0n) is 9.61. The molecule has 2 rings (SSSR count). The second kappa shape index (κ2) is 5.18. The Morgan fingerprint density at radius 3 is 2.94 bits per heavy atom. The smallest absolute Gasteiger partial charge is 0.328 e. The molecule has 0 bridgehead atoms. The van der Waals surface area contributed by atoms with Crippen molar-refractivity contribution < 1.29 is 0 Å². The standard InChI is InChI=1S/C11H11BrN4O2/c1-13-9-4-2-3-7(14-9)5-16-6-8(12)10(17)15-11(16)18/h2-4,6H,5H2,1H3,(H,13,14)(H,15,17,18). The zero-order valence-corrected chi connectivity index (χ0v) is 11.2. The minimum Gasteiger partial charge on any atom is -0.373 e. The van der Waals surface area contributed by atoms with Crippen LogP contribution in [0.15, 0.2) is 38.5 Å². The third-order valence-corrected chi connectivity index (χ3v) is 2.93. The number of H-pyrrole nitrogens is 1. The van der Waals surface area contributed by atoms with Gasteiger partial charge in [0, 0.05) is 13.2 Å². The van der Waals surface area contributed by atoms with Crippen LogP contribution < -0.4 is 16.6 Å². The first-order valence-corrected chi connectivity index (χ1v) is 6.02. The molecule has 0 aliphatic rings. The van der Waals surface area contributed by atoms with Crippen LogP contribution in [0.1, 0.15) is 5.69 Å². The van der Waals surface area contributed by atoms with Gasteiger partial charge in [0.25, 0.3) is 5.56 Å². The first-order chi connectivity index (χ1) is 8.60. The van der Waals surface area contributed by atoms with Crippen molar-refractivity contribution in [3.05, 3.63) is 55.4 Å². The summed E-state index contributed by atoms with van der Waals surface area (Å²) in [6, 6.07) is 5.49. The van der Waals surface area contributed by atoms with Gasteiger partial charge in [0.2, 0.25) is 0 Å². The van der Waals surface area contributed by atoms with Gasteiger partial charge in [0.15, 0.2) is 0 Å². The van der Waals surface area contributed by atoms with E-state index in [0.717, 1.165) is 11.5 Å². The number of hydrogen-bond acceptors (Lipinski definition) is 4. The van der Waals surface area contributed by atoms with Gasteiger partial charge in [-0.15, -0.1) is 0 Å².